The molecule has 0 saturated carbocycles. The smallest absolute Gasteiger partial charge is 0.321 e. The predicted molar refractivity (Wildman–Crippen MR) is 100.0 cm³/mol. The number of aryl methyl sites for hydroxylation is 2. The summed E-state index contributed by atoms with van der Waals surface area (Å²) < 4.78 is 40.5. The molecule has 28 heavy (non-hydrogen) atoms. The summed E-state index contributed by atoms with van der Waals surface area (Å²) in [4.78, 5) is 12.8. The number of halogens is 4. The third kappa shape index (κ3) is 3.49. The number of amides is 1. The van der Waals surface area contributed by atoms with E-state index in [2.05, 4.69) is 10.4 Å². The molecule has 0 spiro atoms. The number of hydrogen-bond donors (Lipinski definition) is 1. The van der Waals surface area contributed by atoms with E-state index in [1.807, 2.05) is 12.1 Å². The maximum atomic E-state index is 13.2. The van der Waals surface area contributed by atoms with Gasteiger partial charge >= 0.3 is 6.18 Å². The highest BCUT2D eigenvalue weighted by Gasteiger charge is 2.36. The van der Waals surface area contributed by atoms with Crippen molar-refractivity contribution < 1.29 is 18.0 Å². The number of anilines is 1. The summed E-state index contributed by atoms with van der Waals surface area (Å²) in [6.07, 6.45) is -1.71. The van der Waals surface area contributed by atoms with Crippen LogP contribution in [-0.2, 0) is 19.0 Å². The number of carbonyl (C=O) groups excluding carboxylic acids is 1. The van der Waals surface area contributed by atoms with Gasteiger partial charge < -0.3 is 5.32 Å². The average molecular weight is 406 g/mol. The molecule has 0 fully saturated rings. The quantitative estimate of drug-likeness (QED) is 0.644. The van der Waals surface area contributed by atoms with Crippen molar-refractivity contribution in [3.05, 3.63) is 76.1 Å². The first-order valence-corrected chi connectivity index (χ1v) is 9.06. The minimum Gasteiger partial charge on any atom is -0.321 e. The number of aromatic nitrogens is 2. The van der Waals surface area contributed by atoms with Gasteiger partial charge in [0.25, 0.3) is 5.91 Å². The fourth-order valence-corrected chi connectivity index (χ4v) is 3.55. The highest BCUT2D eigenvalue weighted by Crippen LogP contribution is 2.31. The minimum absolute atomic E-state index is 0.186. The van der Waals surface area contributed by atoms with Crippen LogP contribution in [0.4, 0.5) is 18.9 Å². The number of para-hydroxylation sites is 1. The van der Waals surface area contributed by atoms with Gasteiger partial charge in [-0.1, -0.05) is 29.8 Å². The van der Waals surface area contributed by atoms with Crippen LogP contribution in [0.25, 0.3) is 5.69 Å². The lowest BCUT2D eigenvalue weighted by molar-refractivity contribution is -0.141. The van der Waals surface area contributed by atoms with Crippen LogP contribution >= 0.6 is 11.6 Å². The summed E-state index contributed by atoms with van der Waals surface area (Å²) in [7, 11) is 0. The molecular formula is C20H15ClF3N3O. The Balaban J connectivity index is 1.72. The van der Waals surface area contributed by atoms with Crippen LogP contribution in [-0.4, -0.2) is 15.7 Å². The summed E-state index contributed by atoms with van der Waals surface area (Å²) >= 11 is 6.11. The molecule has 4 nitrogen and oxygen atoms in total. The van der Waals surface area contributed by atoms with Gasteiger partial charge in [0.15, 0.2) is 5.69 Å². The van der Waals surface area contributed by atoms with E-state index in [0.29, 0.717) is 5.69 Å². The molecule has 0 atom stereocenters. The molecule has 0 radical (unpaired) electrons. The molecule has 0 unspecified atom stereocenters. The van der Waals surface area contributed by atoms with Crippen molar-refractivity contribution in [3.8, 4) is 5.69 Å². The zero-order valence-electron chi connectivity index (χ0n) is 14.6. The van der Waals surface area contributed by atoms with Gasteiger partial charge in [-0.3, -0.25) is 4.79 Å². The molecule has 0 aliphatic heterocycles. The predicted octanol–water partition coefficient (Wildman–Crippen LogP) is 5.29. The number of carbonyl (C=O) groups is 1. The van der Waals surface area contributed by atoms with E-state index < -0.39 is 17.8 Å². The van der Waals surface area contributed by atoms with Crippen LogP contribution < -0.4 is 5.32 Å². The van der Waals surface area contributed by atoms with Gasteiger partial charge in [-0.15, -0.1) is 0 Å². The maximum absolute atomic E-state index is 13.2. The van der Waals surface area contributed by atoms with Gasteiger partial charge in [0.05, 0.1) is 10.7 Å². The molecule has 4 rings (SSSR count). The van der Waals surface area contributed by atoms with Crippen LogP contribution in [0.15, 0.2) is 48.5 Å². The molecule has 1 aromatic heterocycles. The maximum Gasteiger partial charge on any atom is 0.435 e. The lowest BCUT2D eigenvalue weighted by Gasteiger charge is -2.10. The van der Waals surface area contributed by atoms with Gasteiger partial charge in [-0.05, 0) is 54.7 Å². The summed E-state index contributed by atoms with van der Waals surface area (Å²) in [6.45, 7) is 0. The normalized spacial score (nSPS) is 13.4. The number of alkyl halides is 3. The Morgan fingerprint density at radius 1 is 1.07 bits per heavy atom. The first kappa shape index (κ1) is 18.6. The summed E-state index contributed by atoms with van der Waals surface area (Å²) in [5.41, 5.74) is 1.70. The number of nitrogens with one attached hydrogen (secondary N) is 1. The third-order valence-corrected chi connectivity index (χ3v) is 4.99. The molecule has 1 amide bonds. The Kier molecular flexibility index (Phi) is 4.63. The number of hydrogen-bond acceptors (Lipinski definition) is 2. The van der Waals surface area contributed by atoms with E-state index in [9.17, 15) is 18.0 Å². The van der Waals surface area contributed by atoms with Crippen LogP contribution in [0, 0.1) is 0 Å². The molecule has 144 valence electrons. The zero-order chi connectivity index (χ0) is 19.9. The van der Waals surface area contributed by atoms with E-state index in [0.717, 1.165) is 35.6 Å². The largest absolute Gasteiger partial charge is 0.435 e. The first-order chi connectivity index (χ1) is 13.3. The fraction of sp³-hybridized carbons (Fsp3) is 0.200. The zero-order valence-corrected chi connectivity index (χ0v) is 15.3. The summed E-state index contributed by atoms with van der Waals surface area (Å²) in [6, 6.07) is 12.6. The molecule has 1 aliphatic rings. The van der Waals surface area contributed by atoms with Crippen molar-refractivity contribution >= 4 is 23.2 Å². The van der Waals surface area contributed by atoms with E-state index in [-0.39, 0.29) is 16.4 Å². The van der Waals surface area contributed by atoms with Crippen molar-refractivity contribution in [2.75, 3.05) is 5.32 Å². The molecule has 1 N–H and O–H groups in total. The van der Waals surface area contributed by atoms with Crippen molar-refractivity contribution in [3.63, 3.8) is 0 Å². The monoisotopic (exact) mass is 405 g/mol. The van der Waals surface area contributed by atoms with Gasteiger partial charge in [0.1, 0.15) is 5.69 Å². The Morgan fingerprint density at radius 2 is 1.82 bits per heavy atom. The lowest BCUT2D eigenvalue weighted by atomic mass is 10.1. The van der Waals surface area contributed by atoms with E-state index in [1.165, 1.54) is 17.7 Å². The second kappa shape index (κ2) is 6.98. The molecule has 3 aromatic rings. The van der Waals surface area contributed by atoms with E-state index in [1.54, 1.807) is 18.2 Å². The molecule has 8 heteroatoms. The SMILES string of the molecule is O=C(Nc1ccc2c(c1)CCC2)c1cc(C(F)(F)F)nn1-c1ccccc1Cl. The van der Waals surface area contributed by atoms with Crippen molar-refractivity contribution in [2.24, 2.45) is 0 Å². The van der Waals surface area contributed by atoms with Crippen LogP contribution in [0.5, 0.6) is 0 Å². The average Bonchev–Trinajstić information content (AvgIpc) is 3.28. The molecule has 2 aromatic carbocycles. The Bertz CT molecular complexity index is 1060. The summed E-state index contributed by atoms with van der Waals surface area (Å²) in [5, 5.41) is 6.44. The van der Waals surface area contributed by atoms with Gasteiger partial charge in [0, 0.05) is 11.8 Å². The number of fused-ring (bicyclic) bond motifs is 1. The number of nitrogens with zero attached hydrogens (tertiary/aromatic N) is 2. The first-order valence-electron chi connectivity index (χ1n) is 8.68. The van der Waals surface area contributed by atoms with Crippen molar-refractivity contribution in [1.29, 1.82) is 0 Å². The third-order valence-electron chi connectivity index (χ3n) is 4.67. The second-order valence-electron chi connectivity index (χ2n) is 6.57. The van der Waals surface area contributed by atoms with Crippen LogP contribution in [0.1, 0.15) is 33.7 Å². The summed E-state index contributed by atoms with van der Waals surface area (Å²) in [5.74, 6) is -0.694. The van der Waals surface area contributed by atoms with Gasteiger partial charge in [-0.2, -0.15) is 18.3 Å². The molecular weight excluding hydrogens is 391 g/mol. The fourth-order valence-electron chi connectivity index (χ4n) is 3.33. The number of rotatable bonds is 3. The topological polar surface area (TPSA) is 46.9 Å². The Morgan fingerprint density at radius 3 is 2.57 bits per heavy atom. The van der Waals surface area contributed by atoms with Crippen molar-refractivity contribution in [2.45, 2.75) is 25.4 Å². The second-order valence-corrected chi connectivity index (χ2v) is 6.97. The number of benzene rings is 2. The lowest BCUT2D eigenvalue weighted by Crippen LogP contribution is -2.17. The van der Waals surface area contributed by atoms with Gasteiger partial charge in [-0.25, -0.2) is 4.68 Å². The highest BCUT2D eigenvalue weighted by atomic mass is 35.5. The molecule has 0 bridgehead atoms. The van der Waals surface area contributed by atoms with Gasteiger partial charge in [0.2, 0.25) is 0 Å². The molecule has 1 aliphatic carbocycles. The van der Waals surface area contributed by atoms with E-state index >= 15 is 0 Å². The Labute approximate surface area is 163 Å². The molecule has 0 saturated heterocycles. The minimum atomic E-state index is -4.69. The molecule has 1 heterocycles. The standard InChI is InChI=1S/C20H15ClF3N3O/c21-15-6-1-2-7-16(15)27-17(11-18(26-27)20(22,23)24)19(28)25-14-9-8-12-4-3-5-13(12)10-14/h1-2,6-11H,3-5H2,(H,25,28). The van der Waals surface area contributed by atoms with Crippen molar-refractivity contribution in [1.82, 2.24) is 9.78 Å². The van der Waals surface area contributed by atoms with E-state index in [4.69, 9.17) is 11.6 Å². The van der Waals surface area contributed by atoms with Crippen LogP contribution in [0.3, 0.4) is 0 Å². The van der Waals surface area contributed by atoms with Crippen LogP contribution in [0.2, 0.25) is 5.02 Å². The Hall–Kier alpha value is -2.80. The highest BCUT2D eigenvalue weighted by molar-refractivity contribution is 6.32.